The third kappa shape index (κ3) is 23.7. The van der Waals surface area contributed by atoms with Crippen molar-refractivity contribution in [2.24, 2.45) is 0 Å². The Labute approximate surface area is 651 Å². The minimum atomic E-state index is -1.55. The molecule has 8 N–H and O–H groups in total. The molecule has 0 spiro atoms. The molecule has 1 aliphatic carbocycles. The number of carbonyl (C=O) groups excluding carboxylic acids is 4. The van der Waals surface area contributed by atoms with Gasteiger partial charge in [0.1, 0.15) is 43.2 Å². The van der Waals surface area contributed by atoms with Crippen LogP contribution in [0.25, 0.3) is 21.5 Å². The van der Waals surface area contributed by atoms with E-state index in [0.29, 0.717) is 136 Å². The van der Waals surface area contributed by atoms with Crippen molar-refractivity contribution < 1.29 is 82.1 Å². The molecule has 3 aliphatic heterocycles. The molecule has 111 heavy (non-hydrogen) atoms. The fraction of sp³-hybridized carbons (Fsp3) is 0.500. The highest BCUT2D eigenvalue weighted by atomic mass is 16.7. The Hall–Kier alpha value is -8.67. The lowest BCUT2D eigenvalue weighted by Crippen LogP contribution is -2.59. The second-order valence-electron chi connectivity index (χ2n) is 29.5. The van der Waals surface area contributed by atoms with Gasteiger partial charge in [0.2, 0.25) is 29.3 Å². The van der Waals surface area contributed by atoms with Crippen LogP contribution in [-0.2, 0) is 80.9 Å². The van der Waals surface area contributed by atoms with Crippen molar-refractivity contribution in [2.45, 2.75) is 159 Å². The van der Waals surface area contributed by atoms with Crippen LogP contribution in [0.15, 0.2) is 163 Å². The van der Waals surface area contributed by atoms with Gasteiger partial charge in [-0.2, -0.15) is 4.58 Å². The molecular weight excluding hydrogens is 1410 g/mol. The summed E-state index contributed by atoms with van der Waals surface area (Å²) in [6, 6.07) is 32.7. The van der Waals surface area contributed by atoms with Gasteiger partial charge in [-0.05, 0) is 152 Å². The lowest BCUT2D eigenvalue weighted by molar-refractivity contribution is -0.401. The van der Waals surface area contributed by atoms with E-state index in [1.807, 2.05) is 12.1 Å². The zero-order chi connectivity index (χ0) is 78.5. The Bertz CT molecular complexity index is 4220. The predicted molar refractivity (Wildman–Crippen MR) is 427 cm³/mol. The average molecular weight is 1530 g/mol. The highest BCUT2D eigenvalue weighted by Crippen LogP contribution is 2.51. The average Bonchev–Trinajstić information content (AvgIpc) is 1.58. The topological polar surface area (TPSA) is 308 Å². The van der Waals surface area contributed by atoms with Crippen LogP contribution < -0.4 is 26.2 Å². The summed E-state index contributed by atoms with van der Waals surface area (Å²) in [5, 5.41) is 65.7. The van der Waals surface area contributed by atoms with Crippen LogP contribution in [0.5, 0.6) is 0 Å². The highest BCUT2D eigenvalue weighted by Gasteiger charge is 2.46. The smallest absolute Gasteiger partial charge is 0.249 e. The van der Waals surface area contributed by atoms with Crippen LogP contribution in [-0.4, -0.2) is 219 Å². The molecule has 4 amide bonds. The number of aliphatic hydroxyl groups excluding tert-OH is 4. The van der Waals surface area contributed by atoms with Crippen molar-refractivity contribution >= 4 is 67.9 Å². The quantitative estimate of drug-likeness (QED) is 0.0100. The normalized spacial score (nSPS) is 19.6. The van der Waals surface area contributed by atoms with Crippen molar-refractivity contribution in [3.8, 4) is 0 Å². The first kappa shape index (κ1) is 84.8. The second kappa shape index (κ2) is 42.8. The maximum Gasteiger partial charge on any atom is 0.249 e. The van der Waals surface area contributed by atoms with Crippen LogP contribution >= 0.6 is 0 Å². The molecule has 0 unspecified atom stereocenters. The predicted octanol–water partition coefficient (Wildman–Crippen LogP) is 9.36. The van der Waals surface area contributed by atoms with Crippen LogP contribution in [0.2, 0.25) is 0 Å². The largest absolute Gasteiger partial charge is 0.394 e. The van der Waals surface area contributed by atoms with E-state index in [-0.39, 0.29) is 60.6 Å². The van der Waals surface area contributed by atoms with Gasteiger partial charge in [-0.1, -0.05) is 117 Å². The zero-order valence-electron chi connectivity index (χ0n) is 65.1. The SMILES string of the molecule is C=CC(=O)NCCOCCOCCOCCOCCOCCOCCC(=O)NCCCC[C@@H](C(=O)Nc1ccc(CCO[C@@H]2O[C@H](CO)[C@@H](O)[C@H](O)[C@H]2O)cc1)n1cc(CNC(=O)CCCCCN2/C(=C/C=C3C=C(/C=C/C4=[N+](C)c5ccc6ccccc6c5C4(C)C)CCC\3)C(C)(C)c3c2ccc2ccccc32)nn1. The van der Waals surface area contributed by atoms with Gasteiger partial charge in [0.25, 0.3) is 0 Å². The molecule has 6 atom stereocenters. The summed E-state index contributed by atoms with van der Waals surface area (Å²) in [4.78, 5) is 54.1. The van der Waals surface area contributed by atoms with Crippen molar-refractivity contribution in [3.63, 3.8) is 0 Å². The molecule has 25 nitrogen and oxygen atoms in total. The lowest BCUT2D eigenvalue weighted by atomic mass is 9.79. The number of carbonyl (C=O) groups is 4. The minimum Gasteiger partial charge on any atom is -0.394 e. The fourth-order valence-corrected chi connectivity index (χ4v) is 14.9. The fourth-order valence-electron chi connectivity index (χ4n) is 14.9. The number of benzene rings is 5. The molecule has 0 saturated carbocycles. The number of hydrogen-bond donors (Lipinski definition) is 8. The van der Waals surface area contributed by atoms with Gasteiger partial charge < -0.3 is 84.5 Å². The third-order valence-corrected chi connectivity index (χ3v) is 20.8. The van der Waals surface area contributed by atoms with E-state index in [1.54, 1.807) is 18.3 Å². The summed E-state index contributed by atoms with van der Waals surface area (Å²) in [6.07, 6.45) is 15.7. The van der Waals surface area contributed by atoms with Crippen molar-refractivity contribution in [1.29, 1.82) is 0 Å². The first-order chi connectivity index (χ1) is 53.9. The molecule has 0 radical (unpaired) electrons. The van der Waals surface area contributed by atoms with Crippen LogP contribution in [0.4, 0.5) is 17.1 Å². The number of rotatable bonds is 46. The van der Waals surface area contributed by atoms with E-state index < -0.39 is 43.4 Å². The number of aromatic nitrogens is 3. The second-order valence-corrected chi connectivity index (χ2v) is 29.5. The first-order valence-electron chi connectivity index (χ1n) is 39.2. The number of anilines is 2. The molecule has 4 aliphatic rings. The highest BCUT2D eigenvalue weighted by molar-refractivity contribution is 6.08. The Morgan fingerprint density at radius 1 is 0.658 bits per heavy atom. The van der Waals surface area contributed by atoms with Gasteiger partial charge in [0, 0.05) is 72.7 Å². The Balaban J connectivity index is 0.669. The molecule has 1 fully saturated rings. The monoisotopic (exact) mass is 1530 g/mol. The van der Waals surface area contributed by atoms with E-state index in [2.05, 4.69) is 186 Å². The maximum absolute atomic E-state index is 14.2. The van der Waals surface area contributed by atoms with E-state index in [1.165, 1.54) is 77.4 Å². The van der Waals surface area contributed by atoms with Crippen LogP contribution in [0.3, 0.4) is 0 Å². The number of ether oxygens (including phenoxy) is 8. The molecule has 6 aromatic rings. The van der Waals surface area contributed by atoms with E-state index in [0.717, 1.165) is 44.2 Å². The number of hydrogen-bond acceptors (Lipinski definition) is 19. The summed E-state index contributed by atoms with van der Waals surface area (Å²) in [5.41, 5.74) is 11.8. The van der Waals surface area contributed by atoms with E-state index in [9.17, 15) is 39.6 Å². The molecular formula is C86H114N9O16+. The zero-order valence-corrected chi connectivity index (χ0v) is 65.1. The number of allylic oxidation sites excluding steroid dienone is 8. The van der Waals surface area contributed by atoms with Gasteiger partial charge in [-0.15, -0.1) is 5.10 Å². The van der Waals surface area contributed by atoms with Gasteiger partial charge in [-0.3, -0.25) is 19.2 Å². The summed E-state index contributed by atoms with van der Waals surface area (Å²) >= 11 is 0. The van der Waals surface area contributed by atoms with Crippen LogP contribution in [0, 0.1) is 0 Å². The maximum atomic E-state index is 14.2. The van der Waals surface area contributed by atoms with E-state index in [4.69, 9.17) is 37.9 Å². The Morgan fingerprint density at radius 3 is 1.99 bits per heavy atom. The van der Waals surface area contributed by atoms with Crippen molar-refractivity contribution in [1.82, 2.24) is 30.9 Å². The van der Waals surface area contributed by atoms with Gasteiger partial charge in [0.05, 0.1) is 111 Å². The summed E-state index contributed by atoms with van der Waals surface area (Å²) < 4.78 is 48.1. The molecule has 10 rings (SSSR count). The number of unbranched alkanes of at least 4 members (excludes halogenated alkanes) is 3. The van der Waals surface area contributed by atoms with Crippen LogP contribution in [0.1, 0.15) is 127 Å². The van der Waals surface area contributed by atoms with Crippen molar-refractivity contribution in [2.75, 3.05) is 129 Å². The molecule has 4 heterocycles. The van der Waals surface area contributed by atoms with Crippen molar-refractivity contribution in [3.05, 3.63) is 186 Å². The molecule has 598 valence electrons. The lowest BCUT2D eigenvalue weighted by Gasteiger charge is -2.39. The molecule has 1 saturated heterocycles. The number of fused-ring (bicyclic) bond motifs is 6. The number of nitrogens with zero attached hydrogens (tertiary/aromatic N) is 5. The summed E-state index contributed by atoms with van der Waals surface area (Å²) in [5.74, 6) is -0.851. The third-order valence-electron chi connectivity index (χ3n) is 20.8. The summed E-state index contributed by atoms with van der Waals surface area (Å²) in [6.45, 7) is 18.6. The molecule has 25 heteroatoms. The number of nitrogens with one attached hydrogen (secondary N) is 4. The van der Waals surface area contributed by atoms with E-state index >= 15 is 0 Å². The Kier molecular flexibility index (Phi) is 32.7. The minimum absolute atomic E-state index is 0.0859. The summed E-state index contributed by atoms with van der Waals surface area (Å²) in [7, 11) is 2.19. The first-order valence-corrected chi connectivity index (χ1v) is 39.2. The van der Waals surface area contributed by atoms with Gasteiger partial charge in [0.15, 0.2) is 12.0 Å². The number of amides is 4. The molecule has 5 aromatic carbocycles. The Morgan fingerprint density at radius 2 is 1.31 bits per heavy atom. The number of aliphatic hydroxyl groups is 4. The van der Waals surface area contributed by atoms with Gasteiger partial charge in [-0.25, -0.2) is 4.68 Å². The molecule has 1 aromatic heterocycles. The van der Waals surface area contributed by atoms with Gasteiger partial charge >= 0.3 is 0 Å². The molecule has 0 bridgehead atoms. The standard InChI is InChI=1S/C86H113N9O16/c1-7-75(97)88-41-45-105-47-49-107-51-53-109-55-54-108-52-50-106-48-46-104-43-39-77(99)87-40-15-14-24-71(83(103)90-65-32-26-60(27-33-65)38-44-110-84-82(102)81(101)80(100)72(59-96)111-84)95-58-66(91-92-95)57-89-76(98)25-9-8-16-42-94-70-35-31-64-21-11-13-23-68(64)79(70)86(4,5)74(94)37-29-62-19-17-18-61(56-62)28-36-73-85(2,3)78-67-22-12-10-20-63(67)30-34-69(78)93(73)6/h7,10-13,20-23,26-37,56,58,71-72,80-82,84,96,100-102H,1,8-9,14-19,24-25,38-55,57,59H2,2-6H3,(H3-,87,88,89,90,97,98,99,103)/p+1/t71-,72+,80+,81-,82+,84+/m0/s1.